The van der Waals surface area contributed by atoms with Gasteiger partial charge in [-0.1, -0.05) is 37.3 Å². The number of carbonyl (C=O) groups excluding carboxylic acids is 2. The van der Waals surface area contributed by atoms with Gasteiger partial charge in [-0.05, 0) is 61.7 Å². The molecule has 2 aromatic carbocycles. The van der Waals surface area contributed by atoms with Crippen LogP contribution in [0.5, 0.6) is 5.75 Å². The molecule has 2 heterocycles. The van der Waals surface area contributed by atoms with E-state index >= 15 is 0 Å². The van der Waals surface area contributed by atoms with Crippen molar-refractivity contribution in [3.63, 3.8) is 0 Å². The summed E-state index contributed by atoms with van der Waals surface area (Å²) in [4.78, 5) is 32.4. The van der Waals surface area contributed by atoms with E-state index in [1.54, 1.807) is 48.7 Å². The van der Waals surface area contributed by atoms with Gasteiger partial charge in [-0.3, -0.25) is 19.5 Å². The minimum Gasteiger partial charge on any atom is -0.507 e. The molecule has 6 heteroatoms. The summed E-state index contributed by atoms with van der Waals surface area (Å²) in [5, 5.41) is 11.3. The number of carbonyl (C=O) groups is 2. The van der Waals surface area contributed by atoms with Gasteiger partial charge >= 0.3 is 0 Å². The highest BCUT2D eigenvalue weighted by Crippen LogP contribution is 2.43. The number of aliphatic hydroxyl groups excluding tert-OH is 1. The number of benzene rings is 2. The maximum Gasteiger partial charge on any atom is 0.300 e. The Balaban J connectivity index is 1.91. The zero-order valence-electron chi connectivity index (χ0n) is 18.9. The zero-order chi connectivity index (χ0) is 23.5. The average Bonchev–Trinajstić information content (AvgIpc) is 3.10. The van der Waals surface area contributed by atoms with Gasteiger partial charge < -0.3 is 9.84 Å². The van der Waals surface area contributed by atoms with Gasteiger partial charge in [-0.25, -0.2) is 0 Å². The summed E-state index contributed by atoms with van der Waals surface area (Å²) < 4.78 is 5.68. The molecule has 0 radical (unpaired) electrons. The molecule has 0 saturated carbocycles. The highest BCUT2D eigenvalue weighted by atomic mass is 16.5. The topological polar surface area (TPSA) is 79.7 Å². The zero-order valence-corrected chi connectivity index (χ0v) is 18.9. The van der Waals surface area contributed by atoms with Crippen LogP contribution in [-0.4, -0.2) is 28.4 Å². The number of hydrogen-bond acceptors (Lipinski definition) is 5. The molecule has 6 nitrogen and oxygen atoms in total. The van der Waals surface area contributed by atoms with Crippen LogP contribution in [-0.2, 0) is 9.59 Å². The van der Waals surface area contributed by atoms with Crippen molar-refractivity contribution in [2.75, 3.05) is 11.5 Å². The van der Waals surface area contributed by atoms with Crippen LogP contribution >= 0.6 is 0 Å². The number of Topliss-reactive ketones (excluding diaryl/α,β-unsaturated/α-hetero) is 1. The second-order valence-electron chi connectivity index (χ2n) is 8.02. The number of pyridine rings is 1. The van der Waals surface area contributed by atoms with Crippen LogP contribution < -0.4 is 9.64 Å². The number of hydrogen-bond donors (Lipinski definition) is 1. The Morgan fingerprint density at radius 3 is 2.58 bits per heavy atom. The number of aromatic nitrogens is 1. The van der Waals surface area contributed by atoms with Crippen LogP contribution in [0.25, 0.3) is 5.76 Å². The molecule has 1 saturated heterocycles. The number of nitrogens with zero attached hydrogens (tertiary/aromatic N) is 2. The van der Waals surface area contributed by atoms with Crippen molar-refractivity contribution in [3.05, 3.63) is 94.8 Å². The van der Waals surface area contributed by atoms with Crippen LogP contribution in [0.15, 0.2) is 72.4 Å². The normalized spacial score (nSPS) is 17.4. The first-order chi connectivity index (χ1) is 15.9. The maximum absolute atomic E-state index is 13.3. The lowest BCUT2D eigenvalue weighted by Crippen LogP contribution is -2.30. The first-order valence-corrected chi connectivity index (χ1v) is 11.0. The van der Waals surface area contributed by atoms with Gasteiger partial charge in [-0.2, -0.15) is 0 Å². The monoisotopic (exact) mass is 442 g/mol. The minimum atomic E-state index is -0.855. The van der Waals surface area contributed by atoms with Crippen molar-refractivity contribution in [1.29, 1.82) is 0 Å². The van der Waals surface area contributed by atoms with Gasteiger partial charge in [0.05, 0.1) is 17.9 Å². The fourth-order valence-electron chi connectivity index (χ4n) is 4.00. The molecule has 1 aliphatic rings. The van der Waals surface area contributed by atoms with E-state index < -0.39 is 17.7 Å². The Hall–Kier alpha value is -3.93. The van der Waals surface area contributed by atoms with E-state index in [0.717, 1.165) is 17.5 Å². The predicted molar refractivity (Wildman–Crippen MR) is 127 cm³/mol. The average molecular weight is 443 g/mol. The van der Waals surface area contributed by atoms with Crippen molar-refractivity contribution >= 4 is 23.1 Å². The highest BCUT2D eigenvalue weighted by molar-refractivity contribution is 6.51. The molecule has 1 unspecified atom stereocenters. The van der Waals surface area contributed by atoms with E-state index in [1.807, 2.05) is 39.0 Å². The summed E-state index contributed by atoms with van der Waals surface area (Å²) in [6, 6.07) is 17.0. The third-order valence-electron chi connectivity index (χ3n) is 5.83. The maximum atomic E-state index is 13.3. The fourth-order valence-corrected chi connectivity index (χ4v) is 4.00. The molecule has 1 fully saturated rings. The Morgan fingerprint density at radius 1 is 1.06 bits per heavy atom. The van der Waals surface area contributed by atoms with Crippen LogP contribution in [0.1, 0.15) is 41.8 Å². The lowest BCUT2D eigenvalue weighted by Gasteiger charge is -2.26. The van der Waals surface area contributed by atoms with E-state index in [2.05, 4.69) is 4.98 Å². The molecular formula is C27H26N2O4. The van der Waals surface area contributed by atoms with Gasteiger partial charge in [0.15, 0.2) is 0 Å². The van der Waals surface area contributed by atoms with Crippen LogP contribution in [0.4, 0.5) is 5.69 Å². The first kappa shape index (κ1) is 22.3. The summed E-state index contributed by atoms with van der Waals surface area (Å²) in [5.41, 5.74) is 3.41. The Morgan fingerprint density at radius 2 is 1.85 bits per heavy atom. The highest BCUT2D eigenvalue weighted by Gasteiger charge is 2.48. The number of ether oxygens (including phenoxy) is 1. The van der Waals surface area contributed by atoms with E-state index in [1.165, 1.54) is 4.90 Å². The molecular weight excluding hydrogens is 416 g/mol. The smallest absolute Gasteiger partial charge is 0.300 e. The van der Waals surface area contributed by atoms with Gasteiger partial charge in [0.2, 0.25) is 0 Å². The molecule has 3 aromatic rings. The molecule has 1 aromatic heterocycles. The van der Waals surface area contributed by atoms with E-state index in [0.29, 0.717) is 29.3 Å². The van der Waals surface area contributed by atoms with Crippen LogP contribution in [0.3, 0.4) is 0 Å². The van der Waals surface area contributed by atoms with Crippen LogP contribution in [0, 0.1) is 13.8 Å². The van der Waals surface area contributed by atoms with Gasteiger partial charge in [0.25, 0.3) is 11.7 Å². The number of amides is 1. The quantitative estimate of drug-likeness (QED) is 0.326. The van der Waals surface area contributed by atoms with Crippen molar-refractivity contribution in [3.8, 4) is 5.75 Å². The molecule has 1 N–H and O–H groups in total. The third-order valence-corrected chi connectivity index (χ3v) is 5.83. The van der Waals surface area contributed by atoms with E-state index in [4.69, 9.17) is 4.74 Å². The lowest BCUT2D eigenvalue weighted by molar-refractivity contribution is -0.132. The van der Waals surface area contributed by atoms with Crippen molar-refractivity contribution in [1.82, 2.24) is 4.98 Å². The number of anilines is 1. The Bertz CT molecular complexity index is 1230. The van der Waals surface area contributed by atoms with Gasteiger partial charge in [-0.15, -0.1) is 0 Å². The SMILES string of the molecule is CCCOc1cccc(/C(O)=C2\C(=O)C(=O)N(c3cccc(C)c3C)C2c2ccccn2)c1. The summed E-state index contributed by atoms with van der Waals surface area (Å²) in [6.07, 6.45) is 2.45. The summed E-state index contributed by atoms with van der Waals surface area (Å²) in [7, 11) is 0. The number of ketones is 1. The number of aliphatic hydroxyl groups is 1. The summed E-state index contributed by atoms with van der Waals surface area (Å²) >= 11 is 0. The molecule has 4 rings (SSSR count). The van der Waals surface area contributed by atoms with Gasteiger partial charge in [0.1, 0.15) is 17.6 Å². The Kier molecular flexibility index (Phi) is 6.27. The molecule has 0 bridgehead atoms. The number of aryl methyl sites for hydroxylation is 1. The molecule has 33 heavy (non-hydrogen) atoms. The van der Waals surface area contributed by atoms with Crippen LogP contribution in [0.2, 0.25) is 0 Å². The van der Waals surface area contributed by atoms with E-state index in [9.17, 15) is 14.7 Å². The molecule has 1 aliphatic heterocycles. The molecule has 168 valence electrons. The third kappa shape index (κ3) is 4.12. The largest absolute Gasteiger partial charge is 0.507 e. The van der Waals surface area contributed by atoms with Gasteiger partial charge in [0, 0.05) is 17.4 Å². The first-order valence-electron chi connectivity index (χ1n) is 11.0. The minimum absolute atomic E-state index is 0.00671. The number of rotatable bonds is 6. The second kappa shape index (κ2) is 9.28. The fraction of sp³-hybridized carbons (Fsp3) is 0.222. The standard InChI is InChI=1S/C27H26N2O4/c1-4-15-33-20-11-8-10-19(16-20)25(30)23-24(21-12-5-6-14-28-21)29(27(32)26(23)31)22-13-7-9-17(2)18(22)3/h5-14,16,24,30H,4,15H2,1-3H3/b25-23+. The van der Waals surface area contributed by atoms with Crippen molar-refractivity contribution in [2.24, 2.45) is 0 Å². The molecule has 1 amide bonds. The predicted octanol–water partition coefficient (Wildman–Crippen LogP) is 5.11. The summed E-state index contributed by atoms with van der Waals surface area (Å²) in [6.45, 7) is 6.40. The second-order valence-corrected chi connectivity index (χ2v) is 8.02. The molecule has 0 spiro atoms. The molecule has 1 atom stereocenters. The van der Waals surface area contributed by atoms with Crippen molar-refractivity contribution in [2.45, 2.75) is 33.2 Å². The summed E-state index contributed by atoms with van der Waals surface area (Å²) in [5.74, 6) is -1.11. The molecule has 0 aliphatic carbocycles. The lowest BCUT2D eigenvalue weighted by atomic mass is 9.97. The Labute approximate surface area is 193 Å². The van der Waals surface area contributed by atoms with Crippen molar-refractivity contribution < 1.29 is 19.4 Å². The van der Waals surface area contributed by atoms with E-state index in [-0.39, 0.29) is 11.3 Å².